The first-order valence-corrected chi connectivity index (χ1v) is 12.8. The standard InChI is InChI=1S/C27H22ClF5N6O4/c1-4-19(25(41)35-14-8-17(29)24(18(30)9-14)26(42)34-2)38-11-21(43-3)16(10-23(38)40)15-7-13(28)5-6-20(15)39-12-22(36-37-39)27(31,32)33/h5-12,19H,4H2,1-3H3,(H,34,42)(H,35,41)/t19-/m0/s1. The molecule has 0 aliphatic heterocycles. The van der Waals surface area contributed by atoms with Crippen LogP contribution in [-0.2, 0) is 11.0 Å². The monoisotopic (exact) mass is 624 g/mol. The van der Waals surface area contributed by atoms with Gasteiger partial charge in [0.2, 0.25) is 5.91 Å². The predicted molar refractivity (Wildman–Crippen MR) is 145 cm³/mol. The van der Waals surface area contributed by atoms with Gasteiger partial charge in [0.15, 0.2) is 5.69 Å². The summed E-state index contributed by atoms with van der Waals surface area (Å²) in [6, 6.07) is 5.62. The second-order valence-corrected chi connectivity index (χ2v) is 9.45. The third-order valence-electron chi connectivity index (χ3n) is 6.33. The van der Waals surface area contributed by atoms with E-state index in [1.165, 1.54) is 38.6 Å². The fourth-order valence-electron chi connectivity index (χ4n) is 4.30. The maximum atomic E-state index is 14.4. The SMILES string of the molecule is CC[C@@H](C(=O)Nc1cc(F)c(C(=O)NC)c(F)c1)n1cc(OC)c(-c2cc(Cl)ccc2-n2cc(C(F)(F)F)nn2)cc1=O. The minimum atomic E-state index is -4.75. The molecule has 0 spiro atoms. The number of rotatable bonds is 8. The normalized spacial score (nSPS) is 12.1. The van der Waals surface area contributed by atoms with Crippen LogP contribution in [0.4, 0.5) is 27.6 Å². The number of carbonyl (C=O) groups excluding carboxylic acids is 2. The summed E-state index contributed by atoms with van der Waals surface area (Å²) in [6.07, 6.45) is -2.81. The minimum Gasteiger partial charge on any atom is -0.495 e. The highest BCUT2D eigenvalue weighted by Gasteiger charge is 2.35. The molecule has 2 N–H and O–H groups in total. The summed E-state index contributed by atoms with van der Waals surface area (Å²) in [6.45, 7) is 1.59. The van der Waals surface area contributed by atoms with Gasteiger partial charge in [-0.1, -0.05) is 23.7 Å². The zero-order valence-corrected chi connectivity index (χ0v) is 23.3. The van der Waals surface area contributed by atoms with Crippen molar-refractivity contribution in [3.63, 3.8) is 0 Å². The van der Waals surface area contributed by atoms with Crippen molar-refractivity contribution < 1.29 is 36.3 Å². The first kappa shape index (κ1) is 31.2. The number of pyridine rings is 1. The molecule has 16 heteroatoms. The van der Waals surface area contributed by atoms with Gasteiger partial charge in [-0.3, -0.25) is 19.0 Å². The van der Waals surface area contributed by atoms with Crippen molar-refractivity contribution >= 4 is 29.1 Å². The Morgan fingerprint density at radius 1 is 1.07 bits per heavy atom. The number of alkyl halides is 3. The molecule has 0 aliphatic rings. The number of methoxy groups -OCH3 is 1. The Hall–Kier alpha value is -4.79. The van der Waals surface area contributed by atoms with E-state index in [0.29, 0.717) is 6.20 Å². The lowest BCUT2D eigenvalue weighted by molar-refractivity contribution is -0.141. The van der Waals surface area contributed by atoms with Crippen LogP contribution in [0.15, 0.2) is 53.6 Å². The highest BCUT2D eigenvalue weighted by atomic mass is 35.5. The number of hydrogen-bond donors (Lipinski definition) is 2. The number of halogens is 6. The van der Waals surface area contributed by atoms with Gasteiger partial charge >= 0.3 is 6.18 Å². The van der Waals surface area contributed by atoms with E-state index in [2.05, 4.69) is 20.9 Å². The Bertz CT molecular complexity index is 1750. The quantitative estimate of drug-likeness (QED) is 0.266. The molecule has 226 valence electrons. The van der Waals surface area contributed by atoms with Gasteiger partial charge in [-0.2, -0.15) is 13.2 Å². The topological polar surface area (TPSA) is 120 Å². The van der Waals surface area contributed by atoms with Gasteiger partial charge in [-0.15, -0.1) is 5.10 Å². The van der Waals surface area contributed by atoms with Crippen molar-refractivity contribution in [1.29, 1.82) is 0 Å². The average molecular weight is 625 g/mol. The molecule has 4 rings (SSSR count). The highest BCUT2D eigenvalue weighted by molar-refractivity contribution is 6.31. The molecule has 43 heavy (non-hydrogen) atoms. The summed E-state index contributed by atoms with van der Waals surface area (Å²) in [4.78, 5) is 38.2. The van der Waals surface area contributed by atoms with E-state index in [4.69, 9.17) is 16.3 Å². The maximum absolute atomic E-state index is 14.4. The predicted octanol–water partition coefficient (Wildman–Crippen LogP) is 5.00. The molecule has 0 saturated carbocycles. The van der Waals surface area contributed by atoms with Crippen LogP contribution in [0.25, 0.3) is 16.8 Å². The molecular weight excluding hydrogens is 603 g/mol. The third kappa shape index (κ3) is 6.35. The molecule has 1 atom stereocenters. The highest BCUT2D eigenvalue weighted by Crippen LogP contribution is 2.36. The number of nitrogens with zero attached hydrogens (tertiary/aromatic N) is 4. The molecule has 2 heterocycles. The second kappa shape index (κ2) is 12.2. The van der Waals surface area contributed by atoms with Gasteiger partial charge in [0.25, 0.3) is 11.5 Å². The molecule has 0 fully saturated rings. The zero-order valence-electron chi connectivity index (χ0n) is 22.6. The molecule has 2 amide bonds. The number of benzene rings is 2. The minimum absolute atomic E-state index is 0.0394. The first-order chi connectivity index (χ1) is 20.3. The van der Waals surface area contributed by atoms with E-state index in [9.17, 15) is 36.3 Å². The Morgan fingerprint density at radius 2 is 1.74 bits per heavy atom. The van der Waals surface area contributed by atoms with E-state index in [-0.39, 0.29) is 39.7 Å². The van der Waals surface area contributed by atoms with Crippen molar-refractivity contribution in [3.8, 4) is 22.6 Å². The number of anilines is 1. The van der Waals surface area contributed by atoms with Crippen LogP contribution in [0.1, 0.15) is 35.4 Å². The van der Waals surface area contributed by atoms with Crippen molar-refractivity contribution in [2.24, 2.45) is 0 Å². The van der Waals surface area contributed by atoms with Crippen LogP contribution in [0.3, 0.4) is 0 Å². The van der Waals surface area contributed by atoms with Gasteiger partial charge in [0.05, 0.1) is 25.2 Å². The lowest BCUT2D eigenvalue weighted by Gasteiger charge is -2.21. The van der Waals surface area contributed by atoms with Crippen molar-refractivity contribution in [1.82, 2.24) is 24.9 Å². The van der Waals surface area contributed by atoms with Gasteiger partial charge in [-0.25, -0.2) is 13.5 Å². The van der Waals surface area contributed by atoms with Crippen LogP contribution < -0.4 is 20.9 Å². The summed E-state index contributed by atoms with van der Waals surface area (Å²) >= 11 is 6.17. The Balaban J connectivity index is 1.74. The van der Waals surface area contributed by atoms with Crippen LogP contribution in [-0.4, -0.2) is 45.5 Å². The smallest absolute Gasteiger partial charge is 0.436 e. The molecule has 0 bridgehead atoms. The molecule has 10 nitrogen and oxygen atoms in total. The summed E-state index contributed by atoms with van der Waals surface area (Å²) in [5, 5.41) is 11.4. The van der Waals surface area contributed by atoms with Gasteiger partial charge < -0.3 is 15.4 Å². The summed E-state index contributed by atoms with van der Waals surface area (Å²) in [5.74, 6) is -4.18. The van der Waals surface area contributed by atoms with Gasteiger partial charge in [-0.05, 0) is 36.8 Å². The fraction of sp³-hybridized carbons (Fsp3) is 0.222. The molecule has 0 aliphatic carbocycles. The third-order valence-corrected chi connectivity index (χ3v) is 6.57. The zero-order chi connectivity index (χ0) is 31.6. The number of hydrogen-bond acceptors (Lipinski definition) is 6. The van der Waals surface area contributed by atoms with E-state index in [0.717, 1.165) is 27.4 Å². The largest absolute Gasteiger partial charge is 0.495 e. The lowest BCUT2D eigenvalue weighted by atomic mass is 10.0. The lowest BCUT2D eigenvalue weighted by Crippen LogP contribution is -2.33. The van der Waals surface area contributed by atoms with Gasteiger partial charge in [0.1, 0.15) is 29.0 Å². The molecule has 0 radical (unpaired) electrons. The number of nitrogens with one attached hydrogen (secondary N) is 2. The summed E-state index contributed by atoms with van der Waals surface area (Å²) in [7, 11) is 2.47. The maximum Gasteiger partial charge on any atom is 0.436 e. The Kier molecular flexibility index (Phi) is 8.85. The first-order valence-electron chi connectivity index (χ1n) is 12.4. The Morgan fingerprint density at radius 3 is 2.30 bits per heavy atom. The summed E-state index contributed by atoms with van der Waals surface area (Å²) in [5.41, 5.74) is -2.69. The number of carbonyl (C=O) groups is 2. The average Bonchev–Trinajstić information content (AvgIpc) is 3.44. The fourth-order valence-corrected chi connectivity index (χ4v) is 4.47. The molecule has 2 aromatic carbocycles. The number of aromatic nitrogens is 4. The molecule has 0 unspecified atom stereocenters. The number of ether oxygens (including phenoxy) is 1. The van der Waals surface area contributed by atoms with E-state index in [1.807, 2.05) is 0 Å². The molecule has 0 saturated heterocycles. The van der Waals surface area contributed by atoms with E-state index >= 15 is 0 Å². The van der Waals surface area contributed by atoms with Crippen LogP contribution in [0.5, 0.6) is 5.75 Å². The Labute approximate surface area is 245 Å². The van der Waals surface area contributed by atoms with Crippen molar-refractivity contribution in [2.45, 2.75) is 25.6 Å². The summed E-state index contributed by atoms with van der Waals surface area (Å²) < 4.78 is 75.6. The molecular formula is C27H22ClF5N6O4. The molecule has 4 aromatic rings. The number of amides is 2. The molecule has 2 aromatic heterocycles. The van der Waals surface area contributed by atoms with Crippen LogP contribution in [0.2, 0.25) is 5.02 Å². The van der Waals surface area contributed by atoms with E-state index in [1.54, 1.807) is 6.92 Å². The van der Waals surface area contributed by atoms with Crippen LogP contribution >= 0.6 is 11.6 Å². The van der Waals surface area contributed by atoms with Crippen molar-refractivity contribution in [3.05, 3.63) is 87.1 Å². The van der Waals surface area contributed by atoms with Gasteiger partial charge in [0, 0.05) is 35.0 Å². The van der Waals surface area contributed by atoms with Crippen LogP contribution in [0, 0.1) is 11.6 Å². The second-order valence-electron chi connectivity index (χ2n) is 9.02. The van der Waals surface area contributed by atoms with Crippen molar-refractivity contribution in [2.75, 3.05) is 19.5 Å². The van der Waals surface area contributed by atoms with E-state index < -0.39 is 52.5 Å².